The number of nitrogens with one attached hydrogen (secondary N) is 2. The SMILES string of the molecule is CC12CC3CC(C)(C1)CC(NC(=O)C1CSCN1)(C3)C2. The molecule has 5 rings (SSSR count). The van der Waals surface area contributed by atoms with E-state index in [1.165, 1.54) is 38.5 Å². The van der Waals surface area contributed by atoms with Crippen LogP contribution in [0.5, 0.6) is 0 Å². The third-order valence-electron chi connectivity index (χ3n) is 6.05. The molecule has 0 aromatic carbocycles. The normalized spacial score (nSPS) is 53.3. The Bertz CT molecular complexity index is 428. The maximum atomic E-state index is 12.6. The molecule has 1 amide bonds. The maximum absolute atomic E-state index is 12.6. The second kappa shape index (κ2) is 4.16. The minimum Gasteiger partial charge on any atom is -0.349 e. The summed E-state index contributed by atoms with van der Waals surface area (Å²) in [6.07, 6.45) is 7.78. The van der Waals surface area contributed by atoms with Crippen molar-refractivity contribution >= 4 is 17.7 Å². The zero-order valence-corrected chi connectivity index (χ0v) is 13.4. The smallest absolute Gasteiger partial charge is 0.238 e. The number of amides is 1. The van der Waals surface area contributed by atoms with Gasteiger partial charge in [-0.2, -0.15) is 0 Å². The van der Waals surface area contributed by atoms with Gasteiger partial charge >= 0.3 is 0 Å². The molecule has 3 nitrogen and oxygen atoms in total. The van der Waals surface area contributed by atoms with Gasteiger partial charge in [-0.1, -0.05) is 13.8 Å². The van der Waals surface area contributed by atoms with Crippen LogP contribution in [0.1, 0.15) is 52.4 Å². The molecule has 0 aromatic rings. The first kappa shape index (κ1) is 13.4. The van der Waals surface area contributed by atoms with Gasteiger partial charge in [0.05, 0.1) is 6.04 Å². The Labute approximate surface area is 126 Å². The molecule has 3 unspecified atom stereocenters. The van der Waals surface area contributed by atoms with Crippen molar-refractivity contribution in [3.05, 3.63) is 0 Å². The molecule has 5 aliphatic rings. The molecule has 3 atom stereocenters. The number of carbonyl (C=O) groups is 1. The largest absolute Gasteiger partial charge is 0.349 e. The highest BCUT2D eigenvalue weighted by molar-refractivity contribution is 7.99. The van der Waals surface area contributed by atoms with Crippen LogP contribution in [0.4, 0.5) is 0 Å². The Morgan fingerprint density at radius 3 is 2.40 bits per heavy atom. The highest BCUT2D eigenvalue weighted by atomic mass is 32.2. The van der Waals surface area contributed by atoms with Crippen LogP contribution in [-0.4, -0.2) is 29.1 Å². The summed E-state index contributed by atoms with van der Waals surface area (Å²) in [4.78, 5) is 12.6. The summed E-state index contributed by atoms with van der Waals surface area (Å²) in [7, 11) is 0. The average Bonchev–Trinajstić information content (AvgIpc) is 2.75. The van der Waals surface area contributed by atoms with E-state index in [-0.39, 0.29) is 17.5 Å². The van der Waals surface area contributed by atoms with Crippen molar-refractivity contribution < 1.29 is 4.79 Å². The predicted octanol–water partition coefficient (Wildman–Crippen LogP) is 2.51. The van der Waals surface area contributed by atoms with Crippen molar-refractivity contribution in [1.29, 1.82) is 0 Å². The molecule has 1 saturated heterocycles. The predicted molar refractivity (Wildman–Crippen MR) is 82.5 cm³/mol. The molecule has 20 heavy (non-hydrogen) atoms. The first-order chi connectivity index (χ1) is 9.40. The summed E-state index contributed by atoms with van der Waals surface area (Å²) >= 11 is 1.83. The Morgan fingerprint density at radius 2 is 1.85 bits per heavy atom. The first-order valence-corrected chi connectivity index (χ1v) is 9.18. The van der Waals surface area contributed by atoms with E-state index in [2.05, 4.69) is 24.5 Å². The minimum absolute atomic E-state index is 0.0358. The van der Waals surface area contributed by atoms with E-state index in [0.717, 1.165) is 17.5 Å². The lowest BCUT2D eigenvalue weighted by atomic mass is 9.43. The molecule has 112 valence electrons. The second-order valence-electron chi connectivity index (χ2n) is 8.67. The van der Waals surface area contributed by atoms with E-state index in [1.807, 2.05) is 11.8 Å². The fourth-order valence-corrected chi connectivity index (χ4v) is 7.44. The van der Waals surface area contributed by atoms with E-state index < -0.39 is 0 Å². The van der Waals surface area contributed by atoms with Crippen LogP contribution in [-0.2, 0) is 4.79 Å². The van der Waals surface area contributed by atoms with Gasteiger partial charge < -0.3 is 5.32 Å². The molecule has 4 saturated carbocycles. The van der Waals surface area contributed by atoms with Crippen molar-refractivity contribution in [2.24, 2.45) is 16.7 Å². The minimum atomic E-state index is 0.0358. The molecule has 0 spiro atoms. The van der Waals surface area contributed by atoms with E-state index in [1.54, 1.807) is 0 Å². The Morgan fingerprint density at radius 1 is 1.15 bits per heavy atom. The van der Waals surface area contributed by atoms with Gasteiger partial charge in [0.2, 0.25) is 5.91 Å². The summed E-state index contributed by atoms with van der Waals surface area (Å²) in [6, 6.07) is 0.0358. The van der Waals surface area contributed by atoms with Crippen LogP contribution in [0.3, 0.4) is 0 Å². The highest BCUT2D eigenvalue weighted by Crippen LogP contribution is 2.66. The van der Waals surface area contributed by atoms with Crippen LogP contribution in [0.25, 0.3) is 0 Å². The van der Waals surface area contributed by atoms with Crippen molar-refractivity contribution in [1.82, 2.24) is 10.6 Å². The summed E-state index contributed by atoms with van der Waals surface area (Å²) in [5, 5.41) is 6.81. The molecular formula is C16H26N2OS. The Hall–Kier alpha value is -0.220. The van der Waals surface area contributed by atoms with Gasteiger partial charge in [0.15, 0.2) is 0 Å². The molecule has 2 N–H and O–H groups in total. The molecule has 4 bridgehead atoms. The standard InChI is InChI=1S/C16H26N2OS/c1-14-3-11-4-15(2,7-14)9-16(5-11,8-14)18-13(19)12-6-20-10-17-12/h11-12,17H,3-10H2,1-2H3,(H,18,19). The van der Waals surface area contributed by atoms with Crippen molar-refractivity contribution in [2.75, 3.05) is 11.6 Å². The van der Waals surface area contributed by atoms with Crippen molar-refractivity contribution in [3.8, 4) is 0 Å². The molecule has 5 fully saturated rings. The quantitative estimate of drug-likeness (QED) is 0.822. The molecule has 4 aliphatic carbocycles. The van der Waals surface area contributed by atoms with Gasteiger partial charge in [0.25, 0.3) is 0 Å². The van der Waals surface area contributed by atoms with E-state index in [0.29, 0.717) is 10.8 Å². The van der Waals surface area contributed by atoms with Gasteiger partial charge in [-0.25, -0.2) is 0 Å². The third kappa shape index (κ3) is 2.10. The molecule has 1 aliphatic heterocycles. The zero-order valence-electron chi connectivity index (χ0n) is 12.6. The molecule has 0 radical (unpaired) electrons. The fraction of sp³-hybridized carbons (Fsp3) is 0.938. The summed E-state index contributed by atoms with van der Waals surface area (Å²) < 4.78 is 0. The fourth-order valence-electron chi connectivity index (χ4n) is 6.50. The lowest BCUT2D eigenvalue weighted by Gasteiger charge is -2.65. The van der Waals surface area contributed by atoms with Gasteiger partial charge in [-0.15, -0.1) is 11.8 Å². The summed E-state index contributed by atoms with van der Waals surface area (Å²) in [6.45, 7) is 4.92. The second-order valence-corrected chi connectivity index (χ2v) is 9.70. The molecular weight excluding hydrogens is 268 g/mol. The molecule has 0 aromatic heterocycles. The number of hydrogen-bond donors (Lipinski definition) is 2. The maximum Gasteiger partial charge on any atom is 0.238 e. The van der Waals surface area contributed by atoms with E-state index in [9.17, 15) is 4.79 Å². The Balaban J connectivity index is 1.56. The van der Waals surface area contributed by atoms with Gasteiger partial charge in [-0.05, 0) is 55.3 Å². The van der Waals surface area contributed by atoms with Crippen LogP contribution in [0.2, 0.25) is 0 Å². The lowest BCUT2D eigenvalue weighted by molar-refractivity contribution is -0.140. The summed E-state index contributed by atoms with van der Waals surface area (Å²) in [5.41, 5.74) is 1.05. The number of thioether (sulfide) groups is 1. The van der Waals surface area contributed by atoms with Crippen molar-refractivity contribution in [2.45, 2.75) is 64.0 Å². The average molecular weight is 294 g/mol. The van der Waals surface area contributed by atoms with Gasteiger partial charge in [0.1, 0.15) is 0 Å². The first-order valence-electron chi connectivity index (χ1n) is 8.03. The topological polar surface area (TPSA) is 41.1 Å². The number of hydrogen-bond acceptors (Lipinski definition) is 3. The number of carbonyl (C=O) groups excluding carboxylic acids is 1. The monoisotopic (exact) mass is 294 g/mol. The highest BCUT2D eigenvalue weighted by Gasteiger charge is 2.60. The molecule has 4 heteroatoms. The third-order valence-corrected chi connectivity index (χ3v) is 6.99. The lowest BCUT2D eigenvalue weighted by Crippen LogP contribution is -2.66. The van der Waals surface area contributed by atoms with Gasteiger partial charge in [0, 0.05) is 17.2 Å². The van der Waals surface area contributed by atoms with Crippen LogP contribution in [0.15, 0.2) is 0 Å². The van der Waals surface area contributed by atoms with Crippen molar-refractivity contribution in [3.63, 3.8) is 0 Å². The molecule has 1 heterocycles. The van der Waals surface area contributed by atoms with E-state index in [4.69, 9.17) is 0 Å². The van der Waals surface area contributed by atoms with Crippen LogP contribution < -0.4 is 10.6 Å². The summed E-state index contributed by atoms with van der Waals surface area (Å²) in [5.74, 6) is 2.94. The Kier molecular flexibility index (Phi) is 2.80. The zero-order chi connectivity index (χ0) is 14.0. The number of rotatable bonds is 2. The van der Waals surface area contributed by atoms with Gasteiger partial charge in [-0.3, -0.25) is 10.1 Å². The van der Waals surface area contributed by atoms with Crippen LogP contribution >= 0.6 is 11.8 Å². The van der Waals surface area contributed by atoms with E-state index >= 15 is 0 Å². The van der Waals surface area contributed by atoms with Crippen LogP contribution in [0, 0.1) is 16.7 Å².